The predicted molar refractivity (Wildman–Crippen MR) is 116 cm³/mol. The Morgan fingerprint density at radius 2 is 1.90 bits per heavy atom. The number of halogens is 2. The van der Waals surface area contributed by atoms with Crippen molar-refractivity contribution in [1.29, 1.82) is 5.26 Å². The van der Waals surface area contributed by atoms with Gasteiger partial charge in [0.25, 0.3) is 0 Å². The highest BCUT2D eigenvalue weighted by Gasteiger charge is 2.23. The summed E-state index contributed by atoms with van der Waals surface area (Å²) in [4.78, 5) is 21.8. The molecule has 1 fully saturated rings. The fraction of sp³-hybridized carbons (Fsp3) is 0.200. The lowest BCUT2D eigenvalue weighted by Crippen LogP contribution is -2.47. The second-order valence-corrected chi connectivity index (χ2v) is 8.13. The molecule has 0 saturated carbocycles. The van der Waals surface area contributed by atoms with Crippen LogP contribution >= 0.6 is 22.9 Å². The van der Waals surface area contributed by atoms with Gasteiger partial charge in [-0.25, -0.2) is 19.3 Å². The molecule has 4 aromatic rings. The van der Waals surface area contributed by atoms with Crippen LogP contribution in [-0.4, -0.2) is 46.1 Å². The average molecular weight is 440 g/mol. The summed E-state index contributed by atoms with van der Waals surface area (Å²) >= 11 is 7.90. The minimum Gasteiger partial charge on any atom is -0.366 e. The van der Waals surface area contributed by atoms with Crippen LogP contribution < -0.4 is 9.80 Å². The van der Waals surface area contributed by atoms with Crippen molar-refractivity contribution in [2.24, 2.45) is 0 Å². The van der Waals surface area contributed by atoms with Gasteiger partial charge in [-0.3, -0.25) is 0 Å². The number of fused-ring (bicyclic) bond motifs is 1. The molecule has 5 rings (SSSR count). The standard InChI is InChI=1S/C20H15ClFN7S/c21-17-16-19(26-18(25-17)15-2-1-9-30-15)27-20(24-16)29-7-5-28(6-8-29)14-4-3-12(11-23)10-13(14)22/h1-4,9-10H,5-8H2,(H,24,25,26,27). The zero-order valence-corrected chi connectivity index (χ0v) is 17.2. The number of nitriles is 1. The van der Waals surface area contributed by atoms with E-state index in [2.05, 4.69) is 24.8 Å². The summed E-state index contributed by atoms with van der Waals surface area (Å²) in [6, 6.07) is 10.4. The summed E-state index contributed by atoms with van der Waals surface area (Å²) in [6.07, 6.45) is 0. The normalized spacial score (nSPS) is 14.3. The third-order valence-electron chi connectivity index (χ3n) is 5.03. The largest absolute Gasteiger partial charge is 0.366 e. The minimum absolute atomic E-state index is 0.309. The highest BCUT2D eigenvalue weighted by Crippen LogP contribution is 2.28. The molecule has 30 heavy (non-hydrogen) atoms. The SMILES string of the molecule is N#Cc1ccc(N2CCN(c3nc4c(Cl)nc(-c5cccs5)nc4[nH]3)CC2)c(F)c1. The topological polar surface area (TPSA) is 84.7 Å². The van der Waals surface area contributed by atoms with E-state index in [1.165, 1.54) is 6.07 Å². The van der Waals surface area contributed by atoms with Crippen LogP contribution in [0.5, 0.6) is 0 Å². The number of H-pyrrole nitrogens is 1. The number of aromatic amines is 1. The summed E-state index contributed by atoms with van der Waals surface area (Å²) in [5.74, 6) is 0.859. The molecule has 4 heterocycles. The second-order valence-electron chi connectivity index (χ2n) is 6.83. The van der Waals surface area contributed by atoms with Crippen LogP contribution in [0.1, 0.15) is 5.56 Å². The maximum absolute atomic E-state index is 14.3. The van der Waals surface area contributed by atoms with Crippen LogP contribution in [0.4, 0.5) is 16.0 Å². The Balaban J connectivity index is 1.36. The zero-order chi connectivity index (χ0) is 20.7. The summed E-state index contributed by atoms with van der Waals surface area (Å²) in [7, 11) is 0. The number of thiophene rings is 1. The number of aromatic nitrogens is 4. The van der Waals surface area contributed by atoms with Crippen LogP contribution in [0.2, 0.25) is 5.15 Å². The van der Waals surface area contributed by atoms with Crippen molar-refractivity contribution in [2.45, 2.75) is 0 Å². The average Bonchev–Trinajstić information content (AvgIpc) is 3.44. The number of nitrogens with one attached hydrogen (secondary N) is 1. The molecule has 1 saturated heterocycles. The van der Waals surface area contributed by atoms with Crippen LogP contribution in [0.25, 0.3) is 21.9 Å². The number of nitrogens with zero attached hydrogens (tertiary/aromatic N) is 6. The number of anilines is 2. The van der Waals surface area contributed by atoms with Gasteiger partial charge in [-0.15, -0.1) is 11.3 Å². The van der Waals surface area contributed by atoms with Crippen molar-refractivity contribution >= 4 is 45.7 Å². The van der Waals surface area contributed by atoms with Crippen molar-refractivity contribution in [3.8, 4) is 16.8 Å². The van der Waals surface area contributed by atoms with Crippen molar-refractivity contribution in [3.05, 3.63) is 52.2 Å². The molecule has 3 aromatic heterocycles. The smallest absolute Gasteiger partial charge is 0.205 e. The number of piperazine rings is 1. The number of imidazole rings is 1. The van der Waals surface area contributed by atoms with E-state index in [1.807, 2.05) is 28.5 Å². The van der Waals surface area contributed by atoms with Gasteiger partial charge in [0.05, 0.1) is 22.2 Å². The van der Waals surface area contributed by atoms with Crippen LogP contribution in [-0.2, 0) is 0 Å². The Morgan fingerprint density at radius 1 is 1.10 bits per heavy atom. The van der Waals surface area contributed by atoms with Gasteiger partial charge < -0.3 is 14.8 Å². The molecule has 1 aromatic carbocycles. The summed E-state index contributed by atoms with van der Waals surface area (Å²) < 4.78 is 14.3. The van der Waals surface area contributed by atoms with Gasteiger partial charge in [-0.1, -0.05) is 17.7 Å². The van der Waals surface area contributed by atoms with Gasteiger partial charge in [-0.05, 0) is 29.6 Å². The summed E-state index contributed by atoms with van der Waals surface area (Å²) in [5, 5.41) is 11.2. The number of rotatable bonds is 3. The van der Waals surface area contributed by atoms with Crippen molar-refractivity contribution in [3.63, 3.8) is 0 Å². The van der Waals surface area contributed by atoms with Gasteiger partial charge in [-0.2, -0.15) is 5.26 Å². The maximum Gasteiger partial charge on any atom is 0.205 e. The molecule has 0 atom stereocenters. The fourth-order valence-corrected chi connectivity index (χ4v) is 4.38. The molecule has 0 radical (unpaired) electrons. The number of hydrogen-bond donors (Lipinski definition) is 1. The van der Waals surface area contributed by atoms with E-state index in [4.69, 9.17) is 16.9 Å². The molecule has 0 aliphatic carbocycles. The van der Waals surface area contributed by atoms with E-state index in [9.17, 15) is 4.39 Å². The molecule has 7 nitrogen and oxygen atoms in total. The quantitative estimate of drug-likeness (QED) is 0.484. The molecule has 1 N–H and O–H groups in total. The number of hydrogen-bond acceptors (Lipinski definition) is 7. The first-order valence-electron chi connectivity index (χ1n) is 9.29. The Labute approximate surface area is 180 Å². The molecular weight excluding hydrogens is 425 g/mol. The molecular formula is C20H15ClFN7S. The predicted octanol–water partition coefficient (Wildman–Crippen LogP) is 4.07. The van der Waals surface area contributed by atoms with Crippen molar-refractivity contribution < 1.29 is 4.39 Å². The Morgan fingerprint density at radius 3 is 2.60 bits per heavy atom. The van der Waals surface area contributed by atoms with E-state index in [1.54, 1.807) is 23.5 Å². The molecule has 150 valence electrons. The monoisotopic (exact) mass is 439 g/mol. The molecule has 10 heteroatoms. The van der Waals surface area contributed by atoms with E-state index < -0.39 is 0 Å². The van der Waals surface area contributed by atoms with E-state index in [0.717, 1.165) is 4.88 Å². The molecule has 1 aliphatic heterocycles. The lowest BCUT2D eigenvalue weighted by Gasteiger charge is -2.36. The van der Waals surface area contributed by atoms with E-state index in [-0.39, 0.29) is 5.82 Å². The molecule has 0 amide bonds. The zero-order valence-electron chi connectivity index (χ0n) is 15.6. The first-order valence-corrected chi connectivity index (χ1v) is 10.5. The third-order valence-corrected chi connectivity index (χ3v) is 6.16. The molecule has 0 bridgehead atoms. The van der Waals surface area contributed by atoms with Gasteiger partial charge >= 0.3 is 0 Å². The summed E-state index contributed by atoms with van der Waals surface area (Å²) in [6.45, 7) is 2.56. The van der Waals surface area contributed by atoms with Gasteiger partial charge in [0.2, 0.25) is 5.95 Å². The lowest BCUT2D eigenvalue weighted by molar-refractivity contribution is 0.594. The van der Waals surface area contributed by atoms with E-state index >= 15 is 0 Å². The van der Waals surface area contributed by atoms with Gasteiger partial charge in [0, 0.05) is 26.2 Å². The third kappa shape index (κ3) is 3.34. The maximum atomic E-state index is 14.3. The molecule has 0 spiro atoms. The first kappa shape index (κ1) is 18.8. The second kappa shape index (κ2) is 7.55. The van der Waals surface area contributed by atoms with Gasteiger partial charge in [0.1, 0.15) is 11.3 Å². The highest BCUT2D eigenvalue weighted by molar-refractivity contribution is 7.13. The first-order chi connectivity index (χ1) is 14.6. The van der Waals surface area contributed by atoms with Crippen LogP contribution in [0.3, 0.4) is 0 Å². The molecule has 1 aliphatic rings. The van der Waals surface area contributed by atoms with Crippen molar-refractivity contribution in [1.82, 2.24) is 19.9 Å². The van der Waals surface area contributed by atoms with Crippen LogP contribution in [0.15, 0.2) is 35.7 Å². The lowest BCUT2D eigenvalue weighted by atomic mass is 10.2. The van der Waals surface area contributed by atoms with E-state index in [0.29, 0.717) is 65.5 Å². The Kier molecular flexibility index (Phi) is 4.73. The van der Waals surface area contributed by atoms with Gasteiger partial charge in [0.15, 0.2) is 16.6 Å². The molecule has 0 unspecified atom stereocenters. The van der Waals surface area contributed by atoms with Crippen molar-refractivity contribution in [2.75, 3.05) is 36.0 Å². The highest BCUT2D eigenvalue weighted by atomic mass is 35.5. The summed E-state index contributed by atoms with van der Waals surface area (Å²) in [5.41, 5.74) is 1.95. The fourth-order valence-electron chi connectivity index (χ4n) is 3.51. The number of benzene rings is 1. The minimum atomic E-state index is -0.380. The van der Waals surface area contributed by atoms with Crippen LogP contribution in [0, 0.1) is 17.1 Å². The Bertz CT molecular complexity index is 1260. The Hall–Kier alpha value is -3.22.